The van der Waals surface area contributed by atoms with Gasteiger partial charge in [0.2, 0.25) is 0 Å². The Morgan fingerprint density at radius 2 is 2.10 bits per heavy atom. The second kappa shape index (κ2) is 7.71. The number of nitrogens with zero attached hydrogens (tertiary/aromatic N) is 3. The van der Waals surface area contributed by atoms with Gasteiger partial charge in [-0.3, -0.25) is 16.0 Å². The summed E-state index contributed by atoms with van der Waals surface area (Å²) in [5.74, 6) is 6.70. The molecule has 0 saturated heterocycles. The molecule has 0 amide bonds. The van der Waals surface area contributed by atoms with Gasteiger partial charge in [0.25, 0.3) is 0 Å². The van der Waals surface area contributed by atoms with Gasteiger partial charge < -0.3 is 4.74 Å². The Labute approximate surface area is 122 Å². The molecule has 6 heteroatoms. The molecule has 0 aromatic carbocycles. The van der Waals surface area contributed by atoms with E-state index in [1.165, 1.54) is 0 Å². The Kier molecular flexibility index (Phi) is 6.58. The third-order valence-corrected chi connectivity index (χ3v) is 3.31. The maximum absolute atomic E-state index is 5.91. The first-order valence-electron chi connectivity index (χ1n) is 7.38. The van der Waals surface area contributed by atoms with Crippen LogP contribution >= 0.6 is 0 Å². The zero-order valence-corrected chi connectivity index (χ0v) is 13.4. The third kappa shape index (κ3) is 4.54. The molecule has 1 aromatic rings. The minimum absolute atomic E-state index is 0.00263. The van der Waals surface area contributed by atoms with Crippen LogP contribution in [0, 0.1) is 5.41 Å². The van der Waals surface area contributed by atoms with Gasteiger partial charge in [-0.05, 0) is 18.8 Å². The van der Waals surface area contributed by atoms with Crippen molar-refractivity contribution < 1.29 is 4.74 Å². The summed E-state index contributed by atoms with van der Waals surface area (Å²) in [4.78, 5) is 4.35. The molecule has 2 unspecified atom stereocenters. The van der Waals surface area contributed by atoms with Crippen LogP contribution in [0.4, 0.5) is 0 Å². The van der Waals surface area contributed by atoms with Crippen molar-refractivity contribution in [3.8, 4) is 0 Å². The predicted molar refractivity (Wildman–Crippen MR) is 80.0 cm³/mol. The highest BCUT2D eigenvalue weighted by Gasteiger charge is 2.33. The lowest BCUT2D eigenvalue weighted by Crippen LogP contribution is -2.52. The van der Waals surface area contributed by atoms with Crippen LogP contribution in [0.5, 0.6) is 0 Å². The van der Waals surface area contributed by atoms with Crippen molar-refractivity contribution in [3.63, 3.8) is 0 Å². The van der Waals surface area contributed by atoms with E-state index in [1.54, 1.807) is 6.33 Å². The molecule has 0 fully saturated rings. The van der Waals surface area contributed by atoms with Crippen molar-refractivity contribution in [3.05, 3.63) is 12.2 Å². The molecular formula is C14H29N5O. The maximum atomic E-state index is 5.91. The van der Waals surface area contributed by atoms with Crippen molar-refractivity contribution in [2.75, 3.05) is 6.61 Å². The summed E-state index contributed by atoms with van der Waals surface area (Å²) in [5.41, 5.74) is 2.90. The van der Waals surface area contributed by atoms with E-state index in [-0.39, 0.29) is 17.6 Å². The van der Waals surface area contributed by atoms with E-state index in [2.05, 4.69) is 43.2 Å². The van der Waals surface area contributed by atoms with Gasteiger partial charge in [0.15, 0.2) is 0 Å². The minimum atomic E-state index is 0.00263. The fraction of sp³-hybridized carbons (Fsp3) is 0.857. The van der Waals surface area contributed by atoms with Crippen LogP contribution in [0.2, 0.25) is 0 Å². The summed E-state index contributed by atoms with van der Waals surface area (Å²) < 4.78 is 7.85. The summed E-state index contributed by atoms with van der Waals surface area (Å²) in [6, 6.07) is 0.00903. The summed E-state index contributed by atoms with van der Waals surface area (Å²) in [6.07, 6.45) is 3.36. The van der Waals surface area contributed by atoms with Crippen LogP contribution in [-0.2, 0) is 17.7 Å². The largest absolute Gasteiger partial charge is 0.376 e. The normalized spacial score (nSPS) is 15.3. The van der Waals surface area contributed by atoms with Gasteiger partial charge in [-0.1, -0.05) is 27.7 Å². The fourth-order valence-electron chi connectivity index (χ4n) is 2.44. The first-order chi connectivity index (χ1) is 9.43. The van der Waals surface area contributed by atoms with Crippen molar-refractivity contribution in [2.24, 2.45) is 11.3 Å². The molecule has 20 heavy (non-hydrogen) atoms. The zero-order chi connectivity index (χ0) is 15.2. The topological polar surface area (TPSA) is 78.0 Å². The number of nitrogens with two attached hydrogens (primary N) is 1. The number of hydrogen-bond acceptors (Lipinski definition) is 5. The molecule has 116 valence electrons. The number of rotatable bonds is 8. The number of aryl methyl sites for hydroxylation is 1. The highest BCUT2D eigenvalue weighted by Crippen LogP contribution is 2.26. The third-order valence-electron chi connectivity index (χ3n) is 3.31. The van der Waals surface area contributed by atoms with Crippen molar-refractivity contribution in [1.82, 2.24) is 20.2 Å². The predicted octanol–water partition coefficient (Wildman–Crippen LogP) is 1.51. The average Bonchev–Trinajstić information content (AvgIpc) is 2.80. The smallest absolute Gasteiger partial charge is 0.138 e. The summed E-state index contributed by atoms with van der Waals surface area (Å²) >= 11 is 0. The zero-order valence-electron chi connectivity index (χ0n) is 13.4. The van der Waals surface area contributed by atoms with E-state index in [0.717, 1.165) is 18.8 Å². The Morgan fingerprint density at radius 1 is 1.40 bits per heavy atom. The molecule has 0 aliphatic heterocycles. The van der Waals surface area contributed by atoms with E-state index in [0.29, 0.717) is 13.0 Å². The first kappa shape index (κ1) is 17.1. The molecule has 0 saturated carbocycles. The molecule has 1 rings (SSSR count). The summed E-state index contributed by atoms with van der Waals surface area (Å²) in [6.45, 7) is 12.2. The van der Waals surface area contributed by atoms with E-state index in [4.69, 9.17) is 10.6 Å². The number of hydrogen-bond donors (Lipinski definition) is 2. The highest BCUT2D eigenvalue weighted by molar-refractivity contribution is 4.95. The second-order valence-corrected chi connectivity index (χ2v) is 6.12. The lowest BCUT2D eigenvalue weighted by Gasteiger charge is -2.36. The molecule has 0 spiro atoms. The van der Waals surface area contributed by atoms with Crippen molar-refractivity contribution in [1.29, 1.82) is 0 Å². The van der Waals surface area contributed by atoms with Crippen LogP contribution < -0.4 is 11.3 Å². The number of aromatic nitrogens is 3. The number of nitrogens with one attached hydrogen (secondary N) is 1. The Morgan fingerprint density at radius 3 is 2.60 bits per heavy atom. The van der Waals surface area contributed by atoms with Crippen LogP contribution in [-0.4, -0.2) is 33.5 Å². The van der Waals surface area contributed by atoms with E-state index >= 15 is 0 Å². The Balaban J connectivity index is 2.85. The minimum Gasteiger partial charge on any atom is -0.376 e. The molecule has 3 N–H and O–H groups in total. The fourth-order valence-corrected chi connectivity index (χ4v) is 2.44. The average molecular weight is 283 g/mol. The van der Waals surface area contributed by atoms with Crippen LogP contribution in [0.25, 0.3) is 0 Å². The van der Waals surface area contributed by atoms with Crippen molar-refractivity contribution >= 4 is 0 Å². The van der Waals surface area contributed by atoms with Gasteiger partial charge in [0, 0.05) is 19.6 Å². The molecule has 0 aliphatic rings. The number of hydrazine groups is 1. The molecule has 1 aromatic heterocycles. The quantitative estimate of drug-likeness (QED) is 0.558. The molecule has 0 radical (unpaired) electrons. The van der Waals surface area contributed by atoms with Gasteiger partial charge in [0.05, 0.1) is 12.1 Å². The van der Waals surface area contributed by atoms with Gasteiger partial charge in [-0.2, -0.15) is 5.10 Å². The lowest BCUT2D eigenvalue weighted by molar-refractivity contribution is -0.0361. The van der Waals surface area contributed by atoms with Gasteiger partial charge in [-0.25, -0.2) is 4.98 Å². The Bertz CT molecular complexity index is 385. The van der Waals surface area contributed by atoms with Gasteiger partial charge >= 0.3 is 0 Å². The van der Waals surface area contributed by atoms with Crippen molar-refractivity contribution in [2.45, 2.75) is 66.2 Å². The summed E-state index contributed by atoms with van der Waals surface area (Å²) in [5, 5.41) is 4.26. The van der Waals surface area contributed by atoms with E-state index in [1.807, 2.05) is 11.6 Å². The molecular weight excluding hydrogens is 254 g/mol. The SMILES string of the molecule is CCCn1ncnc1CC(NN)C(OCC)C(C)(C)C. The van der Waals surface area contributed by atoms with Crippen LogP contribution in [0.15, 0.2) is 6.33 Å². The first-order valence-corrected chi connectivity index (χ1v) is 7.38. The van der Waals surface area contributed by atoms with Gasteiger partial charge in [0.1, 0.15) is 12.2 Å². The standard InChI is InChI=1S/C14H29N5O/c1-6-8-19-12(16-10-17-19)9-11(18-15)13(20-7-2)14(3,4)5/h10-11,13,18H,6-9,15H2,1-5H3. The monoisotopic (exact) mass is 283 g/mol. The lowest BCUT2D eigenvalue weighted by atomic mass is 9.83. The molecule has 6 nitrogen and oxygen atoms in total. The Hall–Kier alpha value is -0.980. The van der Waals surface area contributed by atoms with Crippen LogP contribution in [0.3, 0.4) is 0 Å². The van der Waals surface area contributed by atoms with E-state index in [9.17, 15) is 0 Å². The molecule has 0 bridgehead atoms. The van der Waals surface area contributed by atoms with Crippen LogP contribution in [0.1, 0.15) is 46.9 Å². The number of ether oxygens (including phenoxy) is 1. The highest BCUT2D eigenvalue weighted by atomic mass is 16.5. The molecule has 1 heterocycles. The second-order valence-electron chi connectivity index (χ2n) is 6.12. The van der Waals surface area contributed by atoms with E-state index < -0.39 is 0 Å². The van der Waals surface area contributed by atoms with Gasteiger partial charge in [-0.15, -0.1) is 0 Å². The molecule has 0 aliphatic carbocycles. The maximum Gasteiger partial charge on any atom is 0.138 e. The molecule has 2 atom stereocenters. The summed E-state index contributed by atoms with van der Waals surface area (Å²) in [7, 11) is 0.